The van der Waals surface area contributed by atoms with Gasteiger partial charge >= 0.3 is 0 Å². The van der Waals surface area contributed by atoms with Crippen LogP contribution in [0.25, 0.3) is 0 Å². The molecule has 1 aromatic carbocycles. The smallest absolute Gasteiger partial charge is 0.0917 e. The molecule has 0 aliphatic carbocycles. The average Bonchev–Trinajstić information content (AvgIpc) is 2.17. The van der Waals surface area contributed by atoms with E-state index in [1.807, 2.05) is 37.3 Å². The van der Waals surface area contributed by atoms with E-state index in [4.69, 9.17) is 4.74 Å². The van der Waals surface area contributed by atoms with E-state index in [0.717, 1.165) is 5.56 Å². The van der Waals surface area contributed by atoms with Crippen molar-refractivity contribution in [1.29, 1.82) is 0 Å². The van der Waals surface area contributed by atoms with Crippen LogP contribution in [-0.4, -0.2) is 23.9 Å². The van der Waals surface area contributed by atoms with Crippen molar-refractivity contribution in [2.75, 3.05) is 7.11 Å². The van der Waals surface area contributed by atoms with Crippen molar-refractivity contribution in [1.82, 2.24) is 0 Å². The standard InChI is InChI=1S/C12H18O2/c1-10(14-3)12(2,13)9-11-7-5-4-6-8-11/h4-8,10,13H,9H2,1-3H3. The second kappa shape index (κ2) is 4.58. The zero-order valence-electron chi connectivity index (χ0n) is 9.03. The van der Waals surface area contributed by atoms with E-state index in [1.54, 1.807) is 14.0 Å². The highest BCUT2D eigenvalue weighted by molar-refractivity contribution is 5.17. The molecule has 1 rings (SSSR count). The third-order valence-electron chi connectivity index (χ3n) is 2.63. The molecule has 2 heteroatoms. The Balaban J connectivity index is 2.68. The van der Waals surface area contributed by atoms with Crippen molar-refractivity contribution in [3.8, 4) is 0 Å². The summed E-state index contributed by atoms with van der Waals surface area (Å²) in [7, 11) is 1.62. The molecule has 0 fully saturated rings. The van der Waals surface area contributed by atoms with Crippen LogP contribution in [0.5, 0.6) is 0 Å². The van der Waals surface area contributed by atoms with Gasteiger partial charge in [0.25, 0.3) is 0 Å². The molecular weight excluding hydrogens is 176 g/mol. The number of ether oxygens (including phenoxy) is 1. The summed E-state index contributed by atoms with van der Waals surface area (Å²) in [5, 5.41) is 10.1. The second-order valence-electron chi connectivity index (χ2n) is 3.90. The second-order valence-corrected chi connectivity index (χ2v) is 3.90. The number of aliphatic hydroxyl groups is 1. The van der Waals surface area contributed by atoms with Gasteiger partial charge in [0.15, 0.2) is 0 Å². The molecule has 0 aromatic heterocycles. The monoisotopic (exact) mass is 194 g/mol. The number of hydrogen-bond acceptors (Lipinski definition) is 2. The first-order chi connectivity index (χ1) is 6.56. The van der Waals surface area contributed by atoms with Crippen molar-refractivity contribution in [2.24, 2.45) is 0 Å². The SMILES string of the molecule is COC(C)C(C)(O)Cc1ccccc1. The molecule has 14 heavy (non-hydrogen) atoms. The molecule has 1 N–H and O–H groups in total. The largest absolute Gasteiger partial charge is 0.387 e. The zero-order chi connectivity index (χ0) is 10.6. The fourth-order valence-corrected chi connectivity index (χ4v) is 1.41. The van der Waals surface area contributed by atoms with Crippen molar-refractivity contribution in [3.63, 3.8) is 0 Å². The highest BCUT2D eigenvalue weighted by Crippen LogP contribution is 2.18. The predicted octanol–water partition coefficient (Wildman–Crippen LogP) is 2.01. The van der Waals surface area contributed by atoms with Crippen molar-refractivity contribution in [3.05, 3.63) is 35.9 Å². The molecule has 0 spiro atoms. The Hall–Kier alpha value is -0.860. The highest BCUT2D eigenvalue weighted by atomic mass is 16.5. The third-order valence-corrected chi connectivity index (χ3v) is 2.63. The maximum atomic E-state index is 10.1. The number of methoxy groups -OCH3 is 1. The van der Waals surface area contributed by atoms with Gasteiger partial charge in [-0.05, 0) is 19.4 Å². The van der Waals surface area contributed by atoms with E-state index in [1.165, 1.54) is 0 Å². The van der Waals surface area contributed by atoms with Gasteiger partial charge in [-0.25, -0.2) is 0 Å². The first kappa shape index (κ1) is 11.2. The fourth-order valence-electron chi connectivity index (χ4n) is 1.41. The van der Waals surface area contributed by atoms with Crippen LogP contribution in [0.15, 0.2) is 30.3 Å². The molecule has 0 bridgehead atoms. The minimum atomic E-state index is -0.809. The Morgan fingerprint density at radius 2 is 1.93 bits per heavy atom. The third kappa shape index (κ3) is 2.82. The number of benzene rings is 1. The normalized spacial score (nSPS) is 17.4. The molecule has 0 radical (unpaired) electrons. The Morgan fingerprint density at radius 1 is 1.36 bits per heavy atom. The van der Waals surface area contributed by atoms with E-state index in [-0.39, 0.29) is 6.10 Å². The van der Waals surface area contributed by atoms with Gasteiger partial charge < -0.3 is 9.84 Å². The summed E-state index contributed by atoms with van der Waals surface area (Å²) >= 11 is 0. The van der Waals surface area contributed by atoms with E-state index in [2.05, 4.69) is 0 Å². The summed E-state index contributed by atoms with van der Waals surface area (Å²) in [4.78, 5) is 0. The van der Waals surface area contributed by atoms with Gasteiger partial charge in [-0.2, -0.15) is 0 Å². The highest BCUT2D eigenvalue weighted by Gasteiger charge is 2.28. The molecule has 1 aromatic rings. The Morgan fingerprint density at radius 3 is 2.43 bits per heavy atom. The molecule has 0 heterocycles. The molecule has 2 atom stereocenters. The van der Waals surface area contributed by atoms with Crippen LogP contribution in [0.2, 0.25) is 0 Å². The quantitative estimate of drug-likeness (QED) is 0.794. The predicted molar refractivity (Wildman–Crippen MR) is 57.2 cm³/mol. The van der Waals surface area contributed by atoms with Gasteiger partial charge in [-0.3, -0.25) is 0 Å². The van der Waals surface area contributed by atoms with Gasteiger partial charge in [0, 0.05) is 13.5 Å². The van der Waals surface area contributed by atoms with Crippen molar-refractivity contribution in [2.45, 2.75) is 32.0 Å². The lowest BCUT2D eigenvalue weighted by Gasteiger charge is -2.29. The zero-order valence-corrected chi connectivity index (χ0v) is 9.03. The fraction of sp³-hybridized carbons (Fsp3) is 0.500. The van der Waals surface area contributed by atoms with Crippen LogP contribution in [0.3, 0.4) is 0 Å². The Kier molecular flexibility index (Phi) is 3.67. The number of hydrogen-bond donors (Lipinski definition) is 1. The van der Waals surface area contributed by atoms with Crippen molar-refractivity contribution >= 4 is 0 Å². The van der Waals surface area contributed by atoms with E-state index in [9.17, 15) is 5.11 Å². The molecule has 0 saturated carbocycles. The van der Waals surface area contributed by atoms with E-state index < -0.39 is 5.60 Å². The summed E-state index contributed by atoms with van der Waals surface area (Å²) in [6, 6.07) is 9.94. The molecule has 0 amide bonds. The minimum absolute atomic E-state index is 0.164. The van der Waals surface area contributed by atoms with Crippen LogP contribution >= 0.6 is 0 Å². The summed E-state index contributed by atoms with van der Waals surface area (Å²) in [5.41, 5.74) is 0.317. The maximum absolute atomic E-state index is 10.1. The molecule has 0 aliphatic rings. The van der Waals surface area contributed by atoms with Gasteiger partial charge in [-0.1, -0.05) is 30.3 Å². The van der Waals surface area contributed by atoms with E-state index >= 15 is 0 Å². The maximum Gasteiger partial charge on any atom is 0.0917 e. The molecule has 0 aliphatic heterocycles. The number of rotatable bonds is 4. The molecule has 0 saturated heterocycles. The van der Waals surface area contributed by atoms with Crippen LogP contribution in [0, 0.1) is 0 Å². The van der Waals surface area contributed by atoms with Crippen molar-refractivity contribution < 1.29 is 9.84 Å². The van der Waals surface area contributed by atoms with Crippen LogP contribution in [-0.2, 0) is 11.2 Å². The summed E-state index contributed by atoms with van der Waals surface area (Å²) in [6.07, 6.45) is 0.450. The van der Waals surface area contributed by atoms with Gasteiger partial charge in [0.05, 0.1) is 11.7 Å². The summed E-state index contributed by atoms with van der Waals surface area (Å²) < 4.78 is 5.14. The van der Waals surface area contributed by atoms with Crippen LogP contribution in [0.4, 0.5) is 0 Å². The Bertz CT molecular complexity index is 267. The Labute approximate surface area is 85.5 Å². The lowest BCUT2D eigenvalue weighted by molar-refractivity contribution is -0.0715. The molecule has 78 valence electrons. The van der Waals surface area contributed by atoms with Crippen LogP contribution in [0.1, 0.15) is 19.4 Å². The molecule has 2 nitrogen and oxygen atoms in total. The van der Waals surface area contributed by atoms with Gasteiger partial charge in [-0.15, -0.1) is 0 Å². The van der Waals surface area contributed by atoms with Gasteiger partial charge in [0.1, 0.15) is 0 Å². The first-order valence-electron chi connectivity index (χ1n) is 4.85. The first-order valence-corrected chi connectivity index (χ1v) is 4.85. The summed E-state index contributed by atoms with van der Waals surface area (Å²) in [5.74, 6) is 0. The molecular formula is C12H18O2. The van der Waals surface area contributed by atoms with E-state index in [0.29, 0.717) is 6.42 Å². The topological polar surface area (TPSA) is 29.5 Å². The lowest BCUT2D eigenvalue weighted by Crippen LogP contribution is -2.40. The lowest BCUT2D eigenvalue weighted by atomic mass is 9.92. The van der Waals surface area contributed by atoms with Gasteiger partial charge in [0.2, 0.25) is 0 Å². The average molecular weight is 194 g/mol. The molecule has 2 unspecified atom stereocenters. The van der Waals surface area contributed by atoms with Crippen LogP contribution < -0.4 is 0 Å². The minimum Gasteiger partial charge on any atom is -0.387 e. The summed E-state index contributed by atoms with van der Waals surface area (Å²) in [6.45, 7) is 3.68.